The lowest BCUT2D eigenvalue weighted by molar-refractivity contribution is 0.0697. The van der Waals surface area contributed by atoms with Crippen LogP contribution in [0.3, 0.4) is 0 Å². The smallest absolute Gasteiger partial charge is 0.337 e. The van der Waals surface area contributed by atoms with Gasteiger partial charge in [-0.3, -0.25) is 4.72 Å². The molecule has 2 N–H and O–H groups in total. The lowest BCUT2D eigenvalue weighted by Crippen LogP contribution is -2.44. The van der Waals surface area contributed by atoms with Gasteiger partial charge in [-0.2, -0.15) is 12.7 Å². The van der Waals surface area contributed by atoms with Crippen LogP contribution >= 0.6 is 11.6 Å². The summed E-state index contributed by atoms with van der Waals surface area (Å²) in [6.45, 7) is 2.36. The standard InChI is InChI=1S/C13H17ClN2O4S/c1-9-4-2-3-7-16(9)21(19,20)15-10-5-6-11(13(17)18)12(14)8-10/h5-6,8-9,15H,2-4,7H2,1H3,(H,17,18). The Bertz CT molecular complexity index is 648. The van der Waals surface area contributed by atoms with Gasteiger partial charge in [0.05, 0.1) is 16.3 Å². The second kappa shape index (κ2) is 6.21. The van der Waals surface area contributed by atoms with Gasteiger partial charge in [-0.25, -0.2) is 4.79 Å². The third-order valence-electron chi connectivity index (χ3n) is 3.50. The summed E-state index contributed by atoms with van der Waals surface area (Å²) < 4.78 is 28.6. The van der Waals surface area contributed by atoms with E-state index in [1.807, 2.05) is 6.92 Å². The number of nitrogens with zero attached hydrogens (tertiary/aromatic N) is 1. The zero-order valence-corrected chi connectivity index (χ0v) is 13.1. The van der Waals surface area contributed by atoms with E-state index in [1.54, 1.807) is 0 Å². The number of nitrogens with one attached hydrogen (secondary N) is 1. The van der Waals surface area contributed by atoms with Gasteiger partial charge in [-0.15, -0.1) is 0 Å². The van der Waals surface area contributed by atoms with Crippen molar-refractivity contribution < 1.29 is 18.3 Å². The first-order chi connectivity index (χ1) is 9.81. The molecule has 1 saturated heterocycles. The minimum absolute atomic E-state index is 0.00519. The van der Waals surface area contributed by atoms with Crippen LogP contribution in [0.1, 0.15) is 36.5 Å². The molecule has 8 heteroatoms. The number of aromatic carboxylic acids is 1. The highest BCUT2D eigenvalue weighted by molar-refractivity contribution is 7.90. The van der Waals surface area contributed by atoms with E-state index in [1.165, 1.54) is 22.5 Å². The Morgan fingerprint density at radius 3 is 2.71 bits per heavy atom. The van der Waals surface area contributed by atoms with Crippen molar-refractivity contribution >= 4 is 33.5 Å². The molecule has 6 nitrogen and oxygen atoms in total. The molecule has 1 aliphatic rings. The van der Waals surface area contributed by atoms with Crippen LogP contribution in [-0.4, -0.2) is 36.4 Å². The summed E-state index contributed by atoms with van der Waals surface area (Å²) in [5.74, 6) is -1.15. The lowest BCUT2D eigenvalue weighted by atomic mass is 10.1. The van der Waals surface area contributed by atoms with Gasteiger partial charge in [0.1, 0.15) is 0 Å². The molecule has 0 aliphatic carbocycles. The van der Waals surface area contributed by atoms with E-state index in [0.717, 1.165) is 19.3 Å². The average Bonchev–Trinajstić information content (AvgIpc) is 2.38. The van der Waals surface area contributed by atoms with E-state index in [2.05, 4.69) is 4.72 Å². The Labute approximate surface area is 128 Å². The van der Waals surface area contributed by atoms with Crippen LogP contribution < -0.4 is 4.72 Å². The fourth-order valence-corrected chi connectivity index (χ4v) is 4.14. The van der Waals surface area contributed by atoms with Crippen molar-refractivity contribution in [1.29, 1.82) is 0 Å². The Kier molecular flexibility index (Phi) is 4.75. The molecule has 21 heavy (non-hydrogen) atoms. The zero-order chi connectivity index (χ0) is 15.6. The third-order valence-corrected chi connectivity index (χ3v) is 5.46. The summed E-state index contributed by atoms with van der Waals surface area (Å²) in [6, 6.07) is 3.92. The van der Waals surface area contributed by atoms with Gasteiger partial charge in [-0.05, 0) is 38.0 Å². The molecule has 1 fully saturated rings. The molecule has 1 aromatic rings. The van der Waals surface area contributed by atoms with Gasteiger partial charge in [0.25, 0.3) is 0 Å². The number of halogens is 1. The molecular formula is C13H17ClN2O4S. The van der Waals surface area contributed by atoms with E-state index >= 15 is 0 Å². The number of carboxylic acids is 1. The molecule has 1 atom stereocenters. The predicted octanol–water partition coefficient (Wildman–Crippen LogP) is 2.57. The normalized spacial score (nSPS) is 20.2. The minimum Gasteiger partial charge on any atom is -0.478 e. The number of piperidine rings is 1. The predicted molar refractivity (Wildman–Crippen MR) is 81.0 cm³/mol. The van der Waals surface area contributed by atoms with Crippen molar-refractivity contribution in [2.24, 2.45) is 0 Å². The topological polar surface area (TPSA) is 86.7 Å². The lowest BCUT2D eigenvalue weighted by Gasteiger charge is -2.32. The molecule has 116 valence electrons. The van der Waals surface area contributed by atoms with Gasteiger partial charge in [0.2, 0.25) is 0 Å². The summed E-state index contributed by atoms with van der Waals surface area (Å²) >= 11 is 5.84. The summed E-state index contributed by atoms with van der Waals surface area (Å²) in [7, 11) is -3.66. The van der Waals surface area contributed by atoms with Crippen molar-refractivity contribution in [3.8, 4) is 0 Å². The number of carboxylic acid groups (broad SMARTS) is 1. The van der Waals surface area contributed by atoms with Gasteiger partial charge < -0.3 is 5.11 Å². The van der Waals surface area contributed by atoms with Crippen LogP contribution in [0.4, 0.5) is 5.69 Å². The van der Waals surface area contributed by atoms with E-state index < -0.39 is 16.2 Å². The maximum atomic E-state index is 12.4. The Balaban J connectivity index is 2.20. The van der Waals surface area contributed by atoms with Crippen molar-refractivity contribution in [1.82, 2.24) is 4.31 Å². The molecule has 1 heterocycles. The number of hydrogen-bond donors (Lipinski definition) is 2. The quantitative estimate of drug-likeness (QED) is 0.887. The first kappa shape index (κ1) is 16.1. The van der Waals surface area contributed by atoms with Gasteiger partial charge >= 0.3 is 16.2 Å². The van der Waals surface area contributed by atoms with E-state index in [0.29, 0.717) is 6.54 Å². The highest BCUT2D eigenvalue weighted by atomic mass is 35.5. The highest BCUT2D eigenvalue weighted by Crippen LogP contribution is 2.25. The molecule has 1 unspecified atom stereocenters. The SMILES string of the molecule is CC1CCCCN1S(=O)(=O)Nc1ccc(C(=O)O)c(Cl)c1. The summed E-state index contributed by atoms with van der Waals surface area (Å²) in [5.41, 5.74) is 0.189. The van der Waals surface area contributed by atoms with Gasteiger partial charge in [-0.1, -0.05) is 18.0 Å². The summed E-state index contributed by atoms with van der Waals surface area (Å²) in [4.78, 5) is 10.9. The van der Waals surface area contributed by atoms with E-state index in [9.17, 15) is 13.2 Å². The number of rotatable bonds is 4. The first-order valence-electron chi connectivity index (χ1n) is 6.63. The number of benzene rings is 1. The Hall–Kier alpha value is -1.31. The fraction of sp³-hybridized carbons (Fsp3) is 0.462. The van der Waals surface area contributed by atoms with Crippen LogP contribution in [0.15, 0.2) is 18.2 Å². The third kappa shape index (κ3) is 3.66. The van der Waals surface area contributed by atoms with Crippen molar-refractivity contribution in [3.05, 3.63) is 28.8 Å². The monoisotopic (exact) mass is 332 g/mol. The summed E-state index contributed by atoms with van der Waals surface area (Å²) in [6.07, 6.45) is 2.69. The Morgan fingerprint density at radius 1 is 1.43 bits per heavy atom. The minimum atomic E-state index is -3.66. The number of carbonyl (C=O) groups is 1. The van der Waals surface area contributed by atoms with E-state index in [-0.39, 0.29) is 22.3 Å². The number of hydrogen-bond acceptors (Lipinski definition) is 3. The highest BCUT2D eigenvalue weighted by Gasteiger charge is 2.29. The van der Waals surface area contributed by atoms with Crippen LogP contribution in [0, 0.1) is 0 Å². The molecule has 1 aliphatic heterocycles. The van der Waals surface area contributed by atoms with Crippen LogP contribution in [0.5, 0.6) is 0 Å². The molecule has 1 aromatic carbocycles. The molecule has 0 aromatic heterocycles. The largest absolute Gasteiger partial charge is 0.478 e. The second-order valence-electron chi connectivity index (χ2n) is 5.06. The Morgan fingerprint density at radius 2 is 2.14 bits per heavy atom. The van der Waals surface area contributed by atoms with E-state index in [4.69, 9.17) is 16.7 Å². The van der Waals surface area contributed by atoms with Gasteiger partial charge in [0.15, 0.2) is 0 Å². The molecule has 0 amide bonds. The number of anilines is 1. The first-order valence-corrected chi connectivity index (χ1v) is 8.45. The van der Waals surface area contributed by atoms with Crippen molar-refractivity contribution in [2.75, 3.05) is 11.3 Å². The molecule has 0 radical (unpaired) electrons. The maximum Gasteiger partial charge on any atom is 0.337 e. The molecular weight excluding hydrogens is 316 g/mol. The summed E-state index contributed by atoms with van der Waals surface area (Å²) in [5, 5.41) is 8.89. The molecule has 0 spiro atoms. The van der Waals surface area contributed by atoms with Gasteiger partial charge in [0, 0.05) is 12.6 Å². The van der Waals surface area contributed by atoms with Crippen LogP contribution in [-0.2, 0) is 10.2 Å². The van der Waals surface area contributed by atoms with Crippen molar-refractivity contribution in [3.63, 3.8) is 0 Å². The maximum absolute atomic E-state index is 12.4. The van der Waals surface area contributed by atoms with Crippen LogP contribution in [0.25, 0.3) is 0 Å². The zero-order valence-electron chi connectivity index (χ0n) is 11.5. The molecule has 0 bridgehead atoms. The second-order valence-corrected chi connectivity index (χ2v) is 7.09. The van der Waals surface area contributed by atoms with Crippen molar-refractivity contribution in [2.45, 2.75) is 32.2 Å². The van der Waals surface area contributed by atoms with Crippen LogP contribution in [0.2, 0.25) is 5.02 Å². The average molecular weight is 333 g/mol. The molecule has 2 rings (SSSR count). The molecule has 0 saturated carbocycles. The fourth-order valence-electron chi connectivity index (χ4n) is 2.39.